The van der Waals surface area contributed by atoms with E-state index in [0.717, 1.165) is 42.6 Å². The van der Waals surface area contributed by atoms with Crippen LogP contribution >= 0.6 is 0 Å². The van der Waals surface area contributed by atoms with Gasteiger partial charge in [-0.1, -0.05) is 18.2 Å². The molecule has 3 nitrogen and oxygen atoms in total. The van der Waals surface area contributed by atoms with Gasteiger partial charge in [0.1, 0.15) is 0 Å². The van der Waals surface area contributed by atoms with Crippen molar-refractivity contribution in [1.82, 2.24) is 14.8 Å². The first-order valence-corrected chi connectivity index (χ1v) is 8.01. The zero-order chi connectivity index (χ0) is 16.4. The summed E-state index contributed by atoms with van der Waals surface area (Å²) in [5.74, 6) is 0. The lowest BCUT2D eigenvalue weighted by molar-refractivity contribution is -0.138. The van der Waals surface area contributed by atoms with Crippen molar-refractivity contribution in [2.24, 2.45) is 7.05 Å². The average molecular weight is 325 g/mol. The van der Waals surface area contributed by atoms with Crippen molar-refractivity contribution < 1.29 is 13.2 Å². The molecule has 1 saturated heterocycles. The van der Waals surface area contributed by atoms with E-state index in [1.807, 2.05) is 42.1 Å². The fourth-order valence-electron chi connectivity index (χ4n) is 3.47. The summed E-state index contributed by atoms with van der Waals surface area (Å²) in [6.07, 6.45) is -2.76. The Bertz CT molecular complexity index is 657. The molecule has 1 atom stereocenters. The molecule has 1 aromatic heterocycles. The smallest absolute Gasteiger partial charge is 0.350 e. The van der Waals surface area contributed by atoms with Crippen molar-refractivity contribution in [2.45, 2.75) is 25.1 Å². The molecule has 3 rings (SSSR count). The Morgan fingerprint density at radius 3 is 2.57 bits per heavy atom. The number of aryl methyl sites for hydroxylation is 1. The number of rotatable bonds is 4. The summed E-state index contributed by atoms with van der Waals surface area (Å²) in [6, 6.07) is 7.74. The number of alkyl halides is 3. The van der Waals surface area contributed by atoms with Crippen LogP contribution in [0.25, 0.3) is 10.9 Å². The molecule has 1 fully saturated rings. The van der Waals surface area contributed by atoms with E-state index in [0.29, 0.717) is 0 Å². The minimum Gasteiger partial charge on any atom is -0.350 e. The predicted molar refractivity (Wildman–Crippen MR) is 85.4 cm³/mol. The van der Waals surface area contributed by atoms with Gasteiger partial charge in [0.05, 0.1) is 0 Å². The molecule has 1 aliphatic heterocycles. The van der Waals surface area contributed by atoms with Crippen LogP contribution in [0.1, 0.15) is 24.4 Å². The van der Waals surface area contributed by atoms with Gasteiger partial charge in [0, 0.05) is 62.8 Å². The molecule has 0 radical (unpaired) electrons. The Labute approximate surface area is 134 Å². The number of aromatic nitrogens is 1. The lowest BCUT2D eigenvalue weighted by atomic mass is 9.98. The number of nitrogens with one attached hydrogen (secondary N) is 1. The molecule has 1 N–H and O–H groups in total. The SMILES string of the molecule is Cn1cc([C@@H](CCC(F)(F)F)N2CCNCC2)c2ccccc21. The summed E-state index contributed by atoms with van der Waals surface area (Å²) in [5.41, 5.74) is 2.07. The Morgan fingerprint density at radius 2 is 1.87 bits per heavy atom. The molecule has 2 heterocycles. The third kappa shape index (κ3) is 3.70. The first-order chi connectivity index (χ1) is 11.0. The van der Waals surface area contributed by atoms with E-state index < -0.39 is 12.6 Å². The third-order valence-corrected chi connectivity index (χ3v) is 4.58. The van der Waals surface area contributed by atoms with Crippen molar-refractivity contribution in [3.05, 3.63) is 36.0 Å². The van der Waals surface area contributed by atoms with Crippen molar-refractivity contribution in [2.75, 3.05) is 26.2 Å². The molecule has 0 amide bonds. The number of fused-ring (bicyclic) bond motifs is 1. The highest BCUT2D eigenvalue weighted by molar-refractivity contribution is 5.84. The standard InChI is InChI=1S/C17H22F3N3/c1-22-12-14(13-4-2-3-5-15(13)22)16(6-7-17(18,19)20)23-10-8-21-9-11-23/h2-5,12,16,21H,6-11H2,1H3/t16-/m1/s1. The molecular formula is C17H22F3N3. The highest BCUT2D eigenvalue weighted by Gasteiger charge is 2.32. The Morgan fingerprint density at radius 1 is 1.17 bits per heavy atom. The molecule has 1 aromatic carbocycles. The van der Waals surface area contributed by atoms with Gasteiger partial charge in [-0.05, 0) is 18.1 Å². The summed E-state index contributed by atoms with van der Waals surface area (Å²) in [5, 5.41) is 4.32. The van der Waals surface area contributed by atoms with Crippen molar-refractivity contribution in [3.8, 4) is 0 Å². The third-order valence-electron chi connectivity index (χ3n) is 4.58. The minimum absolute atomic E-state index is 0.109. The molecule has 126 valence electrons. The molecule has 0 spiro atoms. The zero-order valence-corrected chi connectivity index (χ0v) is 13.2. The maximum atomic E-state index is 12.8. The van der Waals surface area contributed by atoms with Gasteiger partial charge in [-0.25, -0.2) is 0 Å². The van der Waals surface area contributed by atoms with Crippen LogP contribution in [0.2, 0.25) is 0 Å². The number of para-hydroxylation sites is 1. The largest absolute Gasteiger partial charge is 0.389 e. The first kappa shape index (κ1) is 16.3. The molecule has 23 heavy (non-hydrogen) atoms. The van der Waals surface area contributed by atoms with E-state index in [1.165, 1.54) is 0 Å². The second kappa shape index (κ2) is 6.53. The van der Waals surface area contributed by atoms with E-state index in [-0.39, 0.29) is 12.5 Å². The summed E-state index contributed by atoms with van der Waals surface area (Å²) < 4.78 is 40.4. The lowest BCUT2D eigenvalue weighted by Gasteiger charge is -2.35. The predicted octanol–water partition coefficient (Wildman–Crippen LogP) is 3.47. The number of hydrogen-bond donors (Lipinski definition) is 1. The molecule has 6 heteroatoms. The van der Waals surface area contributed by atoms with Crippen LogP contribution < -0.4 is 5.32 Å². The second-order valence-electron chi connectivity index (χ2n) is 6.17. The van der Waals surface area contributed by atoms with E-state index in [4.69, 9.17) is 0 Å². The van der Waals surface area contributed by atoms with Gasteiger partial charge in [0.2, 0.25) is 0 Å². The van der Waals surface area contributed by atoms with E-state index >= 15 is 0 Å². The van der Waals surface area contributed by atoms with E-state index in [1.54, 1.807) is 0 Å². The van der Waals surface area contributed by atoms with Crippen LogP contribution in [-0.2, 0) is 7.05 Å². The molecule has 0 bridgehead atoms. The van der Waals surface area contributed by atoms with Crippen molar-refractivity contribution in [3.63, 3.8) is 0 Å². The molecule has 0 saturated carbocycles. The Balaban J connectivity index is 1.95. The van der Waals surface area contributed by atoms with Gasteiger partial charge in [-0.15, -0.1) is 0 Å². The maximum absolute atomic E-state index is 12.8. The fraction of sp³-hybridized carbons (Fsp3) is 0.529. The fourth-order valence-corrected chi connectivity index (χ4v) is 3.47. The van der Waals surface area contributed by atoms with Crippen LogP contribution in [0.3, 0.4) is 0 Å². The lowest BCUT2D eigenvalue weighted by Crippen LogP contribution is -2.45. The quantitative estimate of drug-likeness (QED) is 0.929. The van der Waals surface area contributed by atoms with Gasteiger partial charge < -0.3 is 9.88 Å². The number of benzene rings is 1. The van der Waals surface area contributed by atoms with E-state index in [2.05, 4.69) is 10.2 Å². The zero-order valence-electron chi connectivity index (χ0n) is 13.2. The number of halogens is 3. The summed E-state index contributed by atoms with van der Waals surface area (Å²) in [4.78, 5) is 2.18. The minimum atomic E-state index is -4.11. The van der Waals surface area contributed by atoms with Crippen LogP contribution in [-0.4, -0.2) is 41.8 Å². The Hall–Kier alpha value is -1.53. The van der Waals surface area contributed by atoms with Crippen LogP contribution in [0.4, 0.5) is 13.2 Å². The monoisotopic (exact) mass is 325 g/mol. The van der Waals surface area contributed by atoms with Crippen LogP contribution in [0, 0.1) is 0 Å². The van der Waals surface area contributed by atoms with Crippen LogP contribution in [0.5, 0.6) is 0 Å². The molecule has 1 aliphatic rings. The van der Waals surface area contributed by atoms with Gasteiger partial charge in [0.25, 0.3) is 0 Å². The number of hydrogen-bond acceptors (Lipinski definition) is 2. The number of piperazine rings is 1. The first-order valence-electron chi connectivity index (χ1n) is 8.01. The molecule has 0 unspecified atom stereocenters. The highest BCUT2D eigenvalue weighted by atomic mass is 19.4. The van der Waals surface area contributed by atoms with Crippen molar-refractivity contribution in [1.29, 1.82) is 0 Å². The van der Waals surface area contributed by atoms with Gasteiger partial charge in [-0.3, -0.25) is 4.90 Å². The summed E-state index contributed by atoms with van der Waals surface area (Å²) in [7, 11) is 1.95. The number of nitrogens with zero attached hydrogens (tertiary/aromatic N) is 2. The second-order valence-corrected chi connectivity index (χ2v) is 6.17. The molecule has 2 aromatic rings. The van der Waals surface area contributed by atoms with E-state index in [9.17, 15) is 13.2 Å². The Kier molecular flexibility index (Phi) is 4.64. The summed E-state index contributed by atoms with van der Waals surface area (Å²) >= 11 is 0. The van der Waals surface area contributed by atoms with Crippen LogP contribution in [0.15, 0.2) is 30.5 Å². The maximum Gasteiger partial charge on any atom is 0.389 e. The molecular weight excluding hydrogens is 303 g/mol. The normalized spacial score (nSPS) is 18.4. The van der Waals surface area contributed by atoms with Gasteiger partial charge >= 0.3 is 6.18 Å². The topological polar surface area (TPSA) is 20.2 Å². The average Bonchev–Trinajstić information content (AvgIpc) is 2.85. The van der Waals surface area contributed by atoms with Crippen molar-refractivity contribution >= 4 is 10.9 Å². The molecule has 0 aliphatic carbocycles. The highest BCUT2D eigenvalue weighted by Crippen LogP contribution is 2.35. The summed E-state index contributed by atoms with van der Waals surface area (Å²) in [6.45, 7) is 3.22. The van der Waals surface area contributed by atoms with Gasteiger partial charge in [0.15, 0.2) is 0 Å². The van der Waals surface area contributed by atoms with Gasteiger partial charge in [-0.2, -0.15) is 13.2 Å².